The number of ether oxygens (including phenoxy) is 1. The Kier molecular flexibility index (Phi) is 4.72. The minimum absolute atomic E-state index is 0.253. The lowest BCUT2D eigenvalue weighted by Gasteiger charge is -2.11. The van der Waals surface area contributed by atoms with Crippen molar-refractivity contribution in [2.24, 2.45) is 0 Å². The molecule has 1 aliphatic rings. The molecule has 1 aromatic carbocycles. The monoisotopic (exact) mass is 456 g/mol. The van der Waals surface area contributed by atoms with Crippen LogP contribution in [0, 0.1) is 5.82 Å². The average Bonchev–Trinajstić information content (AvgIpc) is 3.37. The number of benzene rings is 1. The van der Waals surface area contributed by atoms with E-state index in [1.165, 1.54) is 17.1 Å². The molecule has 0 unspecified atom stereocenters. The number of nitrogens with two attached hydrogens (primary N) is 1. The molecule has 10 heteroatoms. The van der Waals surface area contributed by atoms with Gasteiger partial charge in [-0.25, -0.2) is 24.0 Å². The Balaban J connectivity index is 1.40. The highest BCUT2D eigenvalue weighted by atomic mass is 19.1. The molecule has 4 aromatic heterocycles. The minimum Gasteiger partial charge on any atom is -0.474 e. The van der Waals surface area contributed by atoms with E-state index in [1.807, 2.05) is 29.8 Å². The number of hydrogen-bond acceptors (Lipinski definition) is 7. The quantitative estimate of drug-likeness (QED) is 0.412. The molecule has 170 valence electrons. The van der Waals surface area contributed by atoms with Crippen LogP contribution in [0.1, 0.15) is 31.5 Å². The summed E-state index contributed by atoms with van der Waals surface area (Å²) in [5, 5.41) is 9.15. The maximum absolute atomic E-state index is 14.2. The van der Waals surface area contributed by atoms with Crippen molar-refractivity contribution in [3.05, 3.63) is 72.8 Å². The van der Waals surface area contributed by atoms with Crippen molar-refractivity contribution in [1.29, 1.82) is 0 Å². The fourth-order valence-corrected chi connectivity index (χ4v) is 3.95. The van der Waals surface area contributed by atoms with Gasteiger partial charge in [0.05, 0.1) is 17.6 Å². The number of halogens is 1. The predicted octanol–water partition coefficient (Wildman–Crippen LogP) is 3.95. The highest BCUT2D eigenvalue weighted by molar-refractivity contribution is 6.00. The van der Waals surface area contributed by atoms with Crippen molar-refractivity contribution < 1.29 is 9.13 Å². The molecule has 4 heterocycles. The third kappa shape index (κ3) is 3.53. The van der Waals surface area contributed by atoms with Crippen LogP contribution in [-0.4, -0.2) is 40.6 Å². The van der Waals surface area contributed by atoms with Gasteiger partial charge in [-0.15, -0.1) is 5.10 Å². The maximum Gasteiger partial charge on any atom is 0.213 e. The molecule has 0 spiro atoms. The van der Waals surface area contributed by atoms with Crippen LogP contribution in [0.25, 0.3) is 27.8 Å². The summed E-state index contributed by atoms with van der Waals surface area (Å²) in [5.41, 5.74) is 9.63. The van der Waals surface area contributed by atoms with E-state index in [0.29, 0.717) is 28.7 Å². The van der Waals surface area contributed by atoms with Crippen LogP contribution < -0.4 is 10.5 Å². The first-order valence-electron chi connectivity index (χ1n) is 11.0. The number of para-hydroxylation sites is 1. The Hall–Kier alpha value is -4.34. The molecule has 1 aliphatic carbocycles. The Bertz CT molecular complexity index is 1490. The molecule has 5 aromatic rings. The van der Waals surface area contributed by atoms with Gasteiger partial charge in [0.25, 0.3) is 0 Å². The van der Waals surface area contributed by atoms with Crippen molar-refractivity contribution in [2.75, 3.05) is 5.73 Å². The third-order valence-electron chi connectivity index (χ3n) is 5.95. The van der Waals surface area contributed by atoms with Crippen molar-refractivity contribution in [2.45, 2.75) is 31.9 Å². The number of aromatic nitrogens is 7. The van der Waals surface area contributed by atoms with Gasteiger partial charge in [-0.1, -0.05) is 17.3 Å². The lowest BCUT2D eigenvalue weighted by molar-refractivity contribution is 0.291. The van der Waals surface area contributed by atoms with Crippen LogP contribution in [0.2, 0.25) is 0 Å². The molecular formula is C24H21FN8O. The van der Waals surface area contributed by atoms with Crippen molar-refractivity contribution in [3.8, 4) is 22.7 Å². The fourth-order valence-electron chi connectivity index (χ4n) is 3.95. The normalized spacial score (nSPS) is 14.4. The van der Waals surface area contributed by atoms with Crippen LogP contribution in [0.5, 0.6) is 5.88 Å². The van der Waals surface area contributed by atoms with E-state index in [0.717, 1.165) is 29.4 Å². The van der Waals surface area contributed by atoms with Gasteiger partial charge in [0, 0.05) is 29.6 Å². The zero-order valence-electron chi connectivity index (χ0n) is 18.3. The number of nitrogen functional groups attached to an aromatic ring is 1. The summed E-state index contributed by atoms with van der Waals surface area (Å²) in [4.78, 5) is 13.1. The summed E-state index contributed by atoms with van der Waals surface area (Å²) in [6.45, 7) is 1.97. The average molecular weight is 456 g/mol. The predicted molar refractivity (Wildman–Crippen MR) is 124 cm³/mol. The minimum atomic E-state index is -0.373. The smallest absolute Gasteiger partial charge is 0.213 e. The van der Waals surface area contributed by atoms with Gasteiger partial charge in [0.1, 0.15) is 41.1 Å². The van der Waals surface area contributed by atoms with Crippen LogP contribution in [0.4, 0.5) is 10.2 Å². The maximum atomic E-state index is 14.2. The molecule has 1 atom stereocenters. The zero-order valence-corrected chi connectivity index (χ0v) is 18.3. The second kappa shape index (κ2) is 7.91. The van der Waals surface area contributed by atoms with E-state index in [9.17, 15) is 4.39 Å². The first-order valence-corrected chi connectivity index (χ1v) is 11.0. The summed E-state index contributed by atoms with van der Waals surface area (Å²) in [6.07, 6.45) is 9.30. The van der Waals surface area contributed by atoms with E-state index in [4.69, 9.17) is 10.5 Å². The molecule has 34 heavy (non-hydrogen) atoms. The third-order valence-corrected chi connectivity index (χ3v) is 5.95. The number of fused-ring (bicyclic) bond motifs is 1. The second-order valence-corrected chi connectivity index (χ2v) is 8.33. The zero-order chi connectivity index (χ0) is 23.2. The Labute approximate surface area is 194 Å². The first-order chi connectivity index (χ1) is 16.6. The lowest BCUT2D eigenvalue weighted by Crippen LogP contribution is -2.07. The molecule has 0 radical (unpaired) electrons. The molecule has 1 saturated carbocycles. The van der Waals surface area contributed by atoms with Crippen molar-refractivity contribution >= 4 is 16.9 Å². The molecular weight excluding hydrogens is 435 g/mol. The molecule has 0 aliphatic heterocycles. The number of rotatable bonds is 6. The van der Waals surface area contributed by atoms with Gasteiger partial charge in [0.2, 0.25) is 5.88 Å². The molecule has 0 saturated heterocycles. The topological polar surface area (TPSA) is 110 Å². The largest absolute Gasteiger partial charge is 0.474 e. The Morgan fingerprint density at radius 2 is 1.94 bits per heavy atom. The molecule has 0 bridgehead atoms. The number of nitrogens with zero attached hydrogens (tertiary/aromatic N) is 7. The number of anilines is 1. The van der Waals surface area contributed by atoms with Gasteiger partial charge >= 0.3 is 0 Å². The van der Waals surface area contributed by atoms with Crippen molar-refractivity contribution in [3.63, 3.8) is 0 Å². The van der Waals surface area contributed by atoms with Crippen LogP contribution in [-0.2, 0) is 0 Å². The number of hydrogen-bond donors (Lipinski definition) is 1. The molecule has 1 fully saturated rings. The summed E-state index contributed by atoms with van der Waals surface area (Å²) in [7, 11) is 0. The van der Waals surface area contributed by atoms with Gasteiger partial charge in [-0.05, 0) is 38.0 Å². The summed E-state index contributed by atoms with van der Waals surface area (Å²) in [6, 6.07) is 9.99. The molecule has 2 N–H and O–H groups in total. The number of pyridine rings is 1. The Morgan fingerprint density at radius 3 is 2.71 bits per heavy atom. The van der Waals surface area contributed by atoms with E-state index in [2.05, 4.69) is 25.3 Å². The van der Waals surface area contributed by atoms with Gasteiger partial charge in [-0.3, -0.25) is 0 Å². The molecule has 9 nitrogen and oxygen atoms in total. The SMILES string of the molecule is C[C@@H](c1cn(-c2ccccc2F)nn1)n1cc(-c2ccc(OC3CC3)nc2)c2c(N)ncnc21. The lowest BCUT2D eigenvalue weighted by atomic mass is 10.1. The van der Waals surface area contributed by atoms with Gasteiger partial charge < -0.3 is 15.0 Å². The van der Waals surface area contributed by atoms with Gasteiger partial charge in [-0.2, -0.15) is 0 Å². The summed E-state index contributed by atoms with van der Waals surface area (Å²) in [5.74, 6) is 0.610. The van der Waals surface area contributed by atoms with E-state index in [-0.39, 0.29) is 18.0 Å². The molecule has 6 rings (SSSR count). The van der Waals surface area contributed by atoms with E-state index < -0.39 is 0 Å². The van der Waals surface area contributed by atoms with E-state index >= 15 is 0 Å². The van der Waals surface area contributed by atoms with Crippen LogP contribution in [0.3, 0.4) is 0 Å². The molecule has 0 amide bonds. The van der Waals surface area contributed by atoms with Crippen molar-refractivity contribution in [1.82, 2.24) is 34.5 Å². The van der Waals surface area contributed by atoms with E-state index in [1.54, 1.807) is 30.6 Å². The van der Waals surface area contributed by atoms with Crippen LogP contribution >= 0.6 is 0 Å². The highest BCUT2D eigenvalue weighted by Crippen LogP contribution is 2.36. The standard InChI is InChI=1S/C24H21FN8O/c1-14(19-12-33(31-30-19)20-5-3-2-4-18(20)25)32-11-17(22-23(26)28-13-29-24(22)32)15-6-9-21(27-10-15)34-16-7-8-16/h2-6,9-14,16H,7-8H2,1H3,(H2,26,28,29)/t14-/m0/s1. The van der Waals surface area contributed by atoms with Gasteiger partial charge in [0.15, 0.2) is 0 Å². The highest BCUT2D eigenvalue weighted by Gasteiger charge is 2.24. The summed E-state index contributed by atoms with van der Waals surface area (Å²) >= 11 is 0. The Morgan fingerprint density at radius 1 is 1.09 bits per heavy atom. The second-order valence-electron chi connectivity index (χ2n) is 8.33. The van der Waals surface area contributed by atoms with Crippen LogP contribution in [0.15, 0.2) is 61.3 Å². The fraction of sp³-hybridized carbons (Fsp3) is 0.208. The summed E-state index contributed by atoms with van der Waals surface area (Å²) < 4.78 is 23.4. The first kappa shape index (κ1) is 20.3.